The van der Waals surface area contributed by atoms with Crippen molar-refractivity contribution in [3.8, 4) is 0 Å². The predicted octanol–water partition coefficient (Wildman–Crippen LogP) is 2.13. The number of nitrogens with one attached hydrogen (secondary N) is 2. The van der Waals surface area contributed by atoms with Crippen molar-refractivity contribution in [2.75, 3.05) is 18.8 Å². The van der Waals surface area contributed by atoms with Gasteiger partial charge >= 0.3 is 0 Å². The first-order valence-corrected chi connectivity index (χ1v) is 7.91. The zero-order valence-corrected chi connectivity index (χ0v) is 12.1. The van der Waals surface area contributed by atoms with E-state index in [9.17, 15) is 4.79 Å². The Hall–Kier alpha value is -1.00. The molecule has 1 fully saturated rings. The summed E-state index contributed by atoms with van der Waals surface area (Å²) in [5, 5.41) is 6.63. The molecular formula is C15H20N2OS. The number of hydrogen-bond acceptors (Lipinski definition) is 3. The second-order valence-corrected chi connectivity index (χ2v) is 6.76. The molecule has 0 saturated carbocycles. The lowest BCUT2D eigenvalue weighted by Crippen LogP contribution is -2.53. The van der Waals surface area contributed by atoms with Crippen LogP contribution in [0, 0.1) is 0 Å². The number of carbonyl (C=O) groups excluding carboxylic acids is 1. The lowest BCUT2D eigenvalue weighted by atomic mass is 9.89. The van der Waals surface area contributed by atoms with Gasteiger partial charge in [0.1, 0.15) is 0 Å². The summed E-state index contributed by atoms with van der Waals surface area (Å²) in [6, 6.07) is 8.27. The molecular weight excluding hydrogens is 256 g/mol. The highest BCUT2D eigenvalue weighted by molar-refractivity contribution is 7.99. The number of benzene rings is 1. The van der Waals surface area contributed by atoms with E-state index in [0.717, 1.165) is 31.7 Å². The summed E-state index contributed by atoms with van der Waals surface area (Å²) in [4.78, 5) is 13.8. The second-order valence-electron chi connectivity index (χ2n) is 5.70. The summed E-state index contributed by atoms with van der Waals surface area (Å²) in [5.41, 5.74) is 1.16. The third-order valence-electron chi connectivity index (χ3n) is 4.15. The Bertz CT molecular complexity index is 483. The van der Waals surface area contributed by atoms with Gasteiger partial charge in [-0.15, -0.1) is 11.8 Å². The maximum atomic E-state index is 12.5. The van der Waals surface area contributed by atoms with Crippen LogP contribution in [0.15, 0.2) is 29.2 Å². The first-order valence-electron chi connectivity index (χ1n) is 6.92. The summed E-state index contributed by atoms with van der Waals surface area (Å²) >= 11 is 1.79. The molecule has 3 nitrogen and oxygen atoms in total. The molecule has 1 amide bonds. The van der Waals surface area contributed by atoms with E-state index >= 15 is 0 Å². The van der Waals surface area contributed by atoms with Crippen LogP contribution in [0.25, 0.3) is 0 Å². The van der Waals surface area contributed by atoms with Gasteiger partial charge in [-0.3, -0.25) is 4.79 Å². The molecule has 2 N–H and O–H groups in total. The Morgan fingerprint density at radius 3 is 2.89 bits per heavy atom. The Labute approximate surface area is 118 Å². The SMILES string of the molecule is CC1(NC(=O)C2CSc3ccccc32)CCNCC1. The van der Waals surface area contributed by atoms with Gasteiger partial charge in [0, 0.05) is 16.2 Å². The molecule has 0 spiro atoms. The molecule has 1 saturated heterocycles. The maximum absolute atomic E-state index is 12.5. The number of piperidine rings is 1. The van der Waals surface area contributed by atoms with Gasteiger partial charge in [-0.05, 0) is 44.5 Å². The van der Waals surface area contributed by atoms with E-state index in [0.29, 0.717) is 0 Å². The second kappa shape index (κ2) is 5.17. The van der Waals surface area contributed by atoms with E-state index in [1.54, 1.807) is 11.8 Å². The first-order chi connectivity index (χ1) is 9.18. The van der Waals surface area contributed by atoms with Crippen LogP contribution in [0.2, 0.25) is 0 Å². The molecule has 0 bridgehead atoms. The summed E-state index contributed by atoms with van der Waals surface area (Å²) in [6.45, 7) is 4.15. The van der Waals surface area contributed by atoms with Crippen LogP contribution in [0.1, 0.15) is 31.2 Å². The summed E-state index contributed by atoms with van der Waals surface area (Å²) < 4.78 is 0. The number of fused-ring (bicyclic) bond motifs is 1. The molecule has 3 rings (SSSR count). The monoisotopic (exact) mass is 276 g/mol. The number of rotatable bonds is 2. The van der Waals surface area contributed by atoms with Crippen LogP contribution in [-0.4, -0.2) is 30.3 Å². The Morgan fingerprint density at radius 1 is 1.37 bits per heavy atom. The minimum Gasteiger partial charge on any atom is -0.350 e. The molecule has 19 heavy (non-hydrogen) atoms. The molecule has 4 heteroatoms. The van der Waals surface area contributed by atoms with Crippen molar-refractivity contribution in [1.82, 2.24) is 10.6 Å². The van der Waals surface area contributed by atoms with E-state index in [4.69, 9.17) is 0 Å². The van der Waals surface area contributed by atoms with Gasteiger partial charge < -0.3 is 10.6 Å². The quantitative estimate of drug-likeness (QED) is 0.869. The minimum atomic E-state index is -0.0372. The average Bonchev–Trinajstić information content (AvgIpc) is 2.83. The maximum Gasteiger partial charge on any atom is 0.228 e. The van der Waals surface area contributed by atoms with Crippen LogP contribution in [-0.2, 0) is 4.79 Å². The highest BCUT2D eigenvalue weighted by Crippen LogP contribution is 2.39. The van der Waals surface area contributed by atoms with Crippen LogP contribution in [0.5, 0.6) is 0 Å². The smallest absolute Gasteiger partial charge is 0.228 e. The molecule has 0 radical (unpaired) electrons. The highest BCUT2D eigenvalue weighted by Gasteiger charge is 2.34. The average molecular weight is 276 g/mol. The van der Waals surface area contributed by atoms with Crippen molar-refractivity contribution in [3.05, 3.63) is 29.8 Å². The largest absolute Gasteiger partial charge is 0.350 e. The Morgan fingerprint density at radius 2 is 2.11 bits per heavy atom. The van der Waals surface area contributed by atoms with Crippen LogP contribution in [0.4, 0.5) is 0 Å². The van der Waals surface area contributed by atoms with E-state index in [1.807, 2.05) is 12.1 Å². The van der Waals surface area contributed by atoms with Crippen molar-refractivity contribution in [1.29, 1.82) is 0 Å². The summed E-state index contributed by atoms with van der Waals surface area (Å²) in [5.74, 6) is 1.09. The van der Waals surface area contributed by atoms with Crippen LogP contribution >= 0.6 is 11.8 Å². The molecule has 102 valence electrons. The van der Waals surface area contributed by atoms with Crippen molar-refractivity contribution < 1.29 is 4.79 Å². The van der Waals surface area contributed by atoms with E-state index in [1.165, 1.54) is 10.5 Å². The van der Waals surface area contributed by atoms with E-state index < -0.39 is 0 Å². The van der Waals surface area contributed by atoms with Gasteiger partial charge in [0.15, 0.2) is 0 Å². The number of hydrogen-bond donors (Lipinski definition) is 2. The third kappa shape index (κ3) is 2.65. The lowest BCUT2D eigenvalue weighted by Gasteiger charge is -2.35. The van der Waals surface area contributed by atoms with Gasteiger partial charge in [-0.1, -0.05) is 18.2 Å². The van der Waals surface area contributed by atoms with Crippen LogP contribution in [0.3, 0.4) is 0 Å². The molecule has 1 unspecified atom stereocenters. The lowest BCUT2D eigenvalue weighted by molar-refractivity contribution is -0.124. The van der Waals surface area contributed by atoms with Crippen molar-refractivity contribution >= 4 is 17.7 Å². The zero-order chi connectivity index (χ0) is 13.3. The fraction of sp³-hybridized carbons (Fsp3) is 0.533. The molecule has 2 heterocycles. The van der Waals surface area contributed by atoms with Gasteiger partial charge in [0.05, 0.1) is 5.92 Å². The van der Waals surface area contributed by atoms with E-state index in [-0.39, 0.29) is 17.4 Å². The zero-order valence-electron chi connectivity index (χ0n) is 11.2. The molecule has 1 aromatic carbocycles. The molecule has 1 atom stereocenters. The van der Waals surface area contributed by atoms with Crippen molar-refractivity contribution in [3.63, 3.8) is 0 Å². The standard InChI is InChI=1S/C15H20N2OS/c1-15(6-8-16-9-7-15)17-14(18)12-10-19-13-5-3-2-4-11(12)13/h2-5,12,16H,6-10H2,1H3,(H,17,18). The fourth-order valence-electron chi connectivity index (χ4n) is 2.87. The molecule has 2 aliphatic rings. The van der Waals surface area contributed by atoms with Crippen molar-refractivity contribution in [2.45, 2.75) is 36.1 Å². The summed E-state index contributed by atoms with van der Waals surface area (Å²) in [6.07, 6.45) is 2.03. The Kier molecular flexibility index (Phi) is 3.54. The van der Waals surface area contributed by atoms with Gasteiger partial charge in [-0.2, -0.15) is 0 Å². The van der Waals surface area contributed by atoms with E-state index in [2.05, 4.69) is 29.7 Å². The molecule has 1 aromatic rings. The van der Waals surface area contributed by atoms with Gasteiger partial charge in [-0.25, -0.2) is 0 Å². The first kappa shape index (κ1) is 13.0. The Balaban J connectivity index is 1.72. The van der Waals surface area contributed by atoms with Gasteiger partial charge in [0.2, 0.25) is 5.91 Å². The number of amides is 1. The third-order valence-corrected chi connectivity index (χ3v) is 5.33. The fourth-order valence-corrected chi connectivity index (χ4v) is 4.10. The van der Waals surface area contributed by atoms with Crippen LogP contribution < -0.4 is 10.6 Å². The molecule has 0 aromatic heterocycles. The topological polar surface area (TPSA) is 41.1 Å². The minimum absolute atomic E-state index is 0.0212. The number of thioether (sulfide) groups is 1. The molecule has 0 aliphatic carbocycles. The summed E-state index contributed by atoms with van der Waals surface area (Å²) in [7, 11) is 0. The van der Waals surface area contributed by atoms with Crippen molar-refractivity contribution in [2.24, 2.45) is 0 Å². The normalized spacial score (nSPS) is 24.8. The highest BCUT2D eigenvalue weighted by atomic mass is 32.2. The molecule has 2 aliphatic heterocycles. The number of carbonyl (C=O) groups is 1. The predicted molar refractivity (Wildman–Crippen MR) is 78.6 cm³/mol. The van der Waals surface area contributed by atoms with Gasteiger partial charge in [0.25, 0.3) is 0 Å².